The normalized spacial score (nSPS) is 10.6. The van der Waals surface area contributed by atoms with Crippen molar-refractivity contribution in [1.29, 1.82) is 0 Å². The van der Waals surface area contributed by atoms with Crippen LogP contribution in [0.5, 0.6) is 0 Å². The van der Waals surface area contributed by atoms with Crippen molar-refractivity contribution >= 4 is 28.9 Å². The van der Waals surface area contributed by atoms with Gasteiger partial charge in [0.15, 0.2) is 10.9 Å². The zero-order chi connectivity index (χ0) is 13.1. The summed E-state index contributed by atoms with van der Waals surface area (Å²) < 4.78 is 0. The van der Waals surface area contributed by atoms with Gasteiger partial charge in [0.1, 0.15) is 0 Å². The van der Waals surface area contributed by atoms with Crippen LogP contribution >= 0.6 is 23.1 Å². The van der Waals surface area contributed by atoms with Crippen molar-refractivity contribution in [3.63, 3.8) is 0 Å². The van der Waals surface area contributed by atoms with E-state index in [-0.39, 0.29) is 5.78 Å². The summed E-state index contributed by atoms with van der Waals surface area (Å²) in [5.74, 6) is 0.531. The molecule has 94 valence electrons. The third-order valence-electron chi connectivity index (χ3n) is 2.31. The molecular formula is C13H14N2OS2. The van der Waals surface area contributed by atoms with Crippen molar-refractivity contribution in [3.05, 3.63) is 39.3 Å². The molecule has 0 aliphatic carbocycles. The Bertz CT molecular complexity index is 558. The van der Waals surface area contributed by atoms with E-state index in [0.717, 1.165) is 21.1 Å². The fourth-order valence-corrected chi connectivity index (χ4v) is 3.27. The minimum absolute atomic E-state index is 0.140. The van der Waals surface area contributed by atoms with E-state index in [1.165, 1.54) is 23.1 Å². The number of nitrogens with zero attached hydrogens (tertiary/aromatic N) is 2. The molecule has 0 aliphatic rings. The maximum Gasteiger partial charge on any atom is 0.188 e. The quantitative estimate of drug-likeness (QED) is 0.488. The number of carbonyl (C=O) groups is 1. The number of hydrogen-bond acceptors (Lipinski definition) is 5. The molecule has 2 aromatic heterocycles. The lowest BCUT2D eigenvalue weighted by Gasteiger charge is -2.01. The first kappa shape index (κ1) is 13.2. The highest BCUT2D eigenvalue weighted by molar-refractivity contribution is 7.99. The van der Waals surface area contributed by atoms with Gasteiger partial charge in [-0.2, -0.15) is 0 Å². The van der Waals surface area contributed by atoms with Crippen LogP contribution in [-0.4, -0.2) is 21.5 Å². The molecule has 3 nitrogen and oxygen atoms in total. The van der Waals surface area contributed by atoms with E-state index in [0.29, 0.717) is 10.9 Å². The van der Waals surface area contributed by atoms with Gasteiger partial charge in [-0.3, -0.25) is 4.79 Å². The Labute approximate surface area is 115 Å². The molecule has 0 amide bonds. The van der Waals surface area contributed by atoms with Crippen molar-refractivity contribution < 1.29 is 4.79 Å². The van der Waals surface area contributed by atoms with Gasteiger partial charge in [-0.15, -0.1) is 11.3 Å². The Morgan fingerprint density at radius 2 is 1.89 bits per heavy atom. The first-order valence-electron chi connectivity index (χ1n) is 5.59. The number of aromatic nitrogens is 2. The fraction of sp³-hybridized carbons (Fsp3) is 0.308. The highest BCUT2D eigenvalue weighted by Gasteiger charge is 2.10. The molecular weight excluding hydrogens is 264 g/mol. The summed E-state index contributed by atoms with van der Waals surface area (Å²) in [7, 11) is 0. The molecule has 2 heterocycles. The number of carbonyl (C=O) groups excluding carboxylic acids is 1. The summed E-state index contributed by atoms with van der Waals surface area (Å²) in [5.41, 5.74) is 1.87. The minimum Gasteiger partial charge on any atom is -0.292 e. The van der Waals surface area contributed by atoms with E-state index >= 15 is 0 Å². The van der Waals surface area contributed by atoms with E-state index in [9.17, 15) is 4.79 Å². The molecule has 5 heteroatoms. The van der Waals surface area contributed by atoms with Gasteiger partial charge in [-0.25, -0.2) is 9.97 Å². The van der Waals surface area contributed by atoms with Crippen LogP contribution in [-0.2, 0) is 0 Å². The van der Waals surface area contributed by atoms with Crippen molar-refractivity contribution in [2.75, 3.05) is 5.75 Å². The van der Waals surface area contributed by atoms with Crippen LogP contribution in [0.2, 0.25) is 0 Å². The summed E-state index contributed by atoms with van der Waals surface area (Å²) in [6, 6.07) is 5.77. The van der Waals surface area contributed by atoms with Crippen LogP contribution in [0, 0.1) is 20.8 Å². The smallest absolute Gasteiger partial charge is 0.188 e. The van der Waals surface area contributed by atoms with E-state index in [2.05, 4.69) is 9.97 Å². The third kappa shape index (κ3) is 3.40. The minimum atomic E-state index is 0.140. The summed E-state index contributed by atoms with van der Waals surface area (Å²) in [4.78, 5) is 22.5. The highest BCUT2D eigenvalue weighted by atomic mass is 32.2. The van der Waals surface area contributed by atoms with E-state index < -0.39 is 0 Å². The Balaban J connectivity index is 2.01. The maximum atomic E-state index is 11.9. The molecule has 2 rings (SSSR count). The van der Waals surface area contributed by atoms with Gasteiger partial charge < -0.3 is 0 Å². The molecule has 0 radical (unpaired) electrons. The summed E-state index contributed by atoms with van der Waals surface area (Å²) >= 11 is 2.93. The zero-order valence-electron chi connectivity index (χ0n) is 10.6. The second kappa shape index (κ2) is 5.63. The van der Waals surface area contributed by atoms with Gasteiger partial charge in [0.25, 0.3) is 0 Å². The van der Waals surface area contributed by atoms with Crippen LogP contribution in [0.4, 0.5) is 0 Å². The Morgan fingerprint density at radius 3 is 2.44 bits per heavy atom. The molecule has 0 N–H and O–H groups in total. The van der Waals surface area contributed by atoms with Gasteiger partial charge in [0, 0.05) is 16.3 Å². The molecule has 0 aliphatic heterocycles. The Hall–Kier alpha value is -1.20. The Kier molecular flexibility index (Phi) is 4.14. The number of hydrogen-bond donors (Lipinski definition) is 0. The highest BCUT2D eigenvalue weighted by Crippen LogP contribution is 2.20. The van der Waals surface area contributed by atoms with Crippen molar-refractivity contribution in [3.8, 4) is 0 Å². The van der Waals surface area contributed by atoms with Gasteiger partial charge in [0.2, 0.25) is 0 Å². The van der Waals surface area contributed by atoms with E-state index in [4.69, 9.17) is 0 Å². The second-order valence-corrected chi connectivity index (χ2v) is 6.29. The van der Waals surface area contributed by atoms with Gasteiger partial charge in [-0.1, -0.05) is 11.8 Å². The van der Waals surface area contributed by atoms with Crippen molar-refractivity contribution in [2.45, 2.75) is 25.9 Å². The van der Waals surface area contributed by atoms with Crippen molar-refractivity contribution in [2.24, 2.45) is 0 Å². The lowest BCUT2D eigenvalue weighted by Crippen LogP contribution is -2.01. The molecule has 0 atom stereocenters. The van der Waals surface area contributed by atoms with Gasteiger partial charge in [0.05, 0.1) is 10.6 Å². The first-order chi connectivity index (χ1) is 8.54. The monoisotopic (exact) mass is 278 g/mol. The average Bonchev–Trinajstić information content (AvgIpc) is 2.71. The van der Waals surface area contributed by atoms with Crippen LogP contribution in [0.3, 0.4) is 0 Å². The van der Waals surface area contributed by atoms with E-state index in [1.54, 1.807) is 0 Å². The number of ketones is 1. The maximum absolute atomic E-state index is 11.9. The summed E-state index contributed by atoms with van der Waals surface area (Å²) in [6.07, 6.45) is 0. The molecule has 0 aromatic carbocycles. The Morgan fingerprint density at radius 1 is 1.22 bits per heavy atom. The molecule has 0 fully saturated rings. The summed E-state index contributed by atoms with van der Waals surface area (Å²) in [6.45, 7) is 5.87. The van der Waals surface area contributed by atoms with Crippen LogP contribution < -0.4 is 0 Å². The molecule has 0 bridgehead atoms. The lowest BCUT2D eigenvalue weighted by molar-refractivity contribution is 0.102. The number of thioether (sulfide) groups is 1. The molecule has 0 unspecified atom stereocenters. The largest absolute Gasteiger partial charge is 0.292 e. The third-order valence-corrected chi connectivity index (χ3v) is 4.20. The topological polar surface area (TPSA) is 42.9 Å². The van der Waals surface area contributed by atoms with Crippen molar-refractivity contribution in [1.82, 2.24) is 9.97 Å². The van der Waals surface area contributed by atoms with Crippen LogP contribution in [0.15, 0.2) is 23.4 Å². The first-order valence-corrected chi connectivity index (χ1v) is 7.39. The summed E-state index contributed by atoms with van der Waals surface area (Å²) in [5, 5.41) is 0.675. The standard InChI is InChI=1S/C13H14N2OS2/c1-8-6-9(2)15-13(14-8)17-7-11(16)12-5-4-10(3)18-12/h4-6H,7H2,1-3H3. The predicted octanol–water partition coefficient (Wildman–Crippen LogP) is 3.44. The number of thiophene rings is 1. The predicted molar refractivity (Wildman–Crippen MR) is 75.6 cm³/mol. The van der Waals surface area contributed by atoms with Gasteiger partial charge >= 0.3 is 0 Å². The molecule has 2 aromatic rings. The molecule has 0 spiro atoms. The molecule has 0 saturated carbocycles. The van der Waals surface area contributed by atoms with Crippen LogP contribution in [0.25, 0.3) is 0 Å². The fourth-order valence-electron chi connectivity index (χ4n) is 1.54. The van der Waals surface area contributed by atoms with Crippen LogP contribution in [0.1, 0.15) is 25.9 Å². The van der Waals surface area contributed by atoms with Gasteiger partial charge in [-0.05, 0) is 39.0 Å². The number of Topliss-reactive ketones (excluding diaryl/α,β-unsaturated/α-hetero) is 1. The number of aryl methyl sites for hydroxylation is 3. The molecule has 0 saturated heterocycles. The number of rotatable bonds is 4. The lowest BCUT2D eigenvalue weighted by atomic mass is 10.3. The van der Waals surface area contributed by atoms with E-state index in [1.807, 2.05) is 39.0 Å². The molecule has 18 heavy (non-hydrogen) atoms. The second-order valence-electron chi connectivity index (χ2n) is 4.06. The average molecular weight is 278 g/mol. The zero-order valence-corrected chi connectivity index (χ0v) is 12.2. The SMILES string of the molecule is Cc1cc(C)nc(SCC(=O)c2ccc(C)s2)n1.